The van der Waals surface area contributed by atoms with E-state index in [1.165, 1.54) is 212 Å². The van der Waals surface area contributed by atoms with E-state index in [2.05, 4.69) is 41.5 Å². The molecule has 570 valence electrons. The average molecular weight is 1410 g/mol. The lowest BCUT2D eigenvalue weighted by atomic mass is 10.00. The quantitative estimate of drug-likeness (QED) is 0.0222. The van der Waals surface area contributed by atoms with E-state index < -0.39 is 97.5 Å². The summed E-state index contributed by atoms with van der Waals surface area (Å²) in [6.45, 7) is 9.59. The molecule has 96 heavy (non-hydrogen) atoms. The van der Waals surface area contributed by atoms with E-state index in [1.807, 2.05) is 0 Å². The predicted octanol–water partition coefficient (Wildman–Crippen LogP) is 22.7. The predicted molar refractivity (Wildman–Crippen MR) is 391 cm³/mol. The van der Waals surface area contributed by atoms with Gasteiger partial charge in [0.2, 0.25) is 0 Å². The summed E-state index contributed by atoms with van der Waals surface area (Å²) in [6.07, 6.45) is 56.8. The van der Waals surface area contributed by atoms with Crippen LogP contribution in [0, 0.1) is 11.8 Å². The molecule has 0 aliphatic carbocycles. The topological polar surface area (TPSA) is 237 Å². The van der Waals surface area contributed by atoms with Crippen molar-refractivity contribution in [2.75, 3.05) is 39.6 Å². The molecular weight excluding hydrogens is 1260 g/mol. The van der Waals surface area contributed by atoms with Crippen LogP contribution in [-0.2, 0) is 65.4 Å². The second-order valence-corrected chi connectivity index (χ2v) is 31.4. The summed E-state index contributed by atoms with van der Waals surface area (Å²) in [5.41, 5.74) is 0. The fourth-order valence-corrected chi connectivity index (χ4v) is 13.4. The number of hydrogen-bond donors (Lipinski definition) is 3. The van der Waals surface area contributed by atoms with E-state index in [0.717, 1.165) is 108 Å². The van der Waals surface area contributed by atoms with Gasteiger partial charge in [0.25, 0.3) is 0 Å². The lowest BCUT2D eigenvalue weighted by Crippen LogP contribution is -2.30. The van der Waals surface area contributed by atoms with Crippen LogP contribution in [-0.4, -0.2) is 96.7 Å². The number of ether oxygens (including phenoxy) is 4. The van der Waals surface area contributed by atoms with E-state index in [0.29, 0.717) is 25.7 Å². The molecule has 0 radical (unpaired) electrons. The van der Waals surface area contributed by atoms with Crippen molar-refractivity contribution in [3.63, 3.8) is 0 Å². The molecule has 0 rings (SSSR count). The Hall–Kier alpha value is -1.94. The summed E-state index contributed by atoms with van der Waals surface area (Å²) in [4.78, 5) is 72.8. The van der Waals surface area contributed by atoms with Crippen molar-refractivity contribution in [3.05, 3.63) is 0 Å². The molecule has 0 fully saturated rings. The third-order valence-corrected chi connectivity index (χ3v) is 20.2. The number of aliphatic hydroxyl groups excluding tert-OH is 1. The highest BCUT2D eigenvalue weighted by Crippen LogP contribution is 2.45. The molecule has 0 heterocycles. The first kappa shape index (κ1) is 94.1. The van der Waals surface area contributed by atoms with Crippen molar-refractivity contribution in [1.29, 1.82) is 0 Å². The largest absolute Gasteiger partial charge is 0.472 e. The van der Waals surface area contributed by atoms with Crippen molar-refractivity contribution < 1.29 is 80.2 Å². The second-order valence-electron chi connectivity index (χ2n) is 28.5. The maximum atomic E-state index is 13.1. The maximum absolute atomic E-state index is 13.1. The standard InChI is InChI=1S/C77H150O17P2/c1-7-10-12-14-16-18-20-22-23-26-29-33-36-40-47-53-59-74(79)87-65-72(93-77(82)62-56-50-42-38-34-30-27-24-25-28-31-35-39-45-51-57-69(4)5)67-91-95(83,84)89-63-71(78)64-90-96(85,86)92-68-73(66-88-75(80)60-54-48-44-43-46-52-58-70(6)9-3)94-76(81)61-55-49-41-37-32-21-19-17-15-13-11-8-2/h69-73,78H,7-68H2,1-6H3,(H,83,84)(H,85,86)/t70?,71-,72-,73-/m1/s1. The summed E-state index contributed by atoms with van der Waals surface area (Å²) in [7, 11) is -9.91. The number of aliphatic hydroxyl groups is 1. The van der Waals surface area contributed by atoms with Gasteiger partial charge in [-0.2, -0.15) is 0 Å². The molecule has 0 aromatic rings. The number of carbonyl (C=O) groups is 4. The lowest BCUT2D eigenvalue weighted by molar-refractivity contribution is -0.161. The minimum Gasteiger partial charge on any atom is -0.462 e. The number of hydrogen-bond acceptors (Lipinski definition) is 15. The van der Waals surface area contributed by atoms with E-state index in [4.69, 9.17) is 37.0 Å². The summed E-state index contributed by atoms with van der Waals surface area (Å²) < 4.78 is 68.6. The molecule has 0 spiro atoms. The van der Waals surface area contributed by atoms with E-state index in [1.54, 1.807) is 0 Å². The molecule has 19 heteroatoms. The van der Waals surface area contributed by atoms with Crippen LogP contribution in [0.4, 0.5) is 0 Å². The number of unbranched alkanes of at least 4 members (excludes halogenated alkanes) is 45. The SMILES string of the molecule is CCCCCCCCCCCCCCCCCCC(=O)OC[C@H](COP(=O)(O)OC[C@@H](O)COP(=O)(O)OC[C@@H](COC(=O)CCCCCCCCC(C)CC)OC(=O)CCCCCCCCCCCCCC)OC(=O)CCCCCCCCCCCCCCCCCC(C)C. The van der Waals surface area contributed by atoms with Crippen LogP contribution < -0.4 is 0 Å². The molecule has 0 aliphatic rings. The normalized spacial score (nSPS) is 14.3. The van der Waals surface area contributed by atoms with Crippen molar-refractivity contribution in [2.24, 2.45) is 11.8 Å². The smallest absolute Gasteiger partial charge is 0.462 e. The van der Waals surface area contributed by atoms with Gasteiger partial charge >= 0.3 is 39.5 Å². The van der Waals surface area contributed by atoms with Gasteiger partial charge in [-0.1, -0.05) is 350 Å². The Morgan fingerprint density at radius 3 is 0.792 bits per heavy atom. The first-order valence-corrected chi connectivity index (χ1v) is 43.0. The monoisotopic (exact) mass is 1410 g/mol. The molecule has 0 saturated heterocycles. The summed E-state index contributed by atoms with van der Waals surface area (Å²) >= 11 is 0. The van der Waals surface area contributed by atoms with Gasteiger partial charge in [0.15, 0.2) is 12.2 Å². The van der Waals surface area contributed by atoms with E-state index in [-0.39, 0.29) is 25.7 Å². The van der Waals surface area contributed by atoms with Gasteiger partial charge in [0, 0.05) is 25.7 Å². The van der Waals surface area contributed by atoms with Crippen molar-refractivity contribution in [1.82, 2.24) is 0 Å². The van der Waals surface area contributed by atoms with Gasteiger partial charge < -0.3 is 33.8 Å². The number of carbonyl (C=O) groups excluding carboxylic acids is 4. The lowest BCUT2D eigenvalue weighted by Gasteiger charge is -2.21. The first-order valence-electron chi connectivity index (χ1n) is 40.0. The zero-order valence-electron chi connectivity index (χ0n) is 62.7. The van der Waals surface area contributed by atoms with Gasteiger partial charge in [-0.05, 0) is 37.5 Å². The molecule has 0 aromatic carbocycles. The molecule has 0 aromatic heterocycles. The van der Waals surface area contributed by atoms with Gasteiger partial charge in [0.1, 0.15) is 19.3 Å². The minimum atomic E-state index is -4.96. The number of rotatable bonds is 76. The zero-order chi connectivity index (χ0) is 70.7. The van der Waals surface area contributed by atoms with Crippen molar-refractivity contribution in [3.8, 4) is 0 Å². The minimum absolute atomic E-state index is 0.107. The molecule has 17 nitrogen and oxygen atoms in total. The average Bonchev–Trinajstić information content (AvgIpc) is 1.52. The zero-order valence-corrected chi connectivity index (χ0v) is 64.5. The van der Waals surface area contributed by atoms with Gasteiger partial charge in [-0.15, -0.1) is 0 Å². The van der Waals surface area contributed by atoms with Crippen LogP contribution in [0.1, 0.15) is 401 Å². The summed E-state index contributed by atoms with van der Waals surface area (Å²) in [5.74, 6) is -0.580. The third-order valence-electron chi connectivity index (χ3n) is 18.3. The van der Waals surface area contributed by atoms with Crippen LogP contribution in [0.2, 0.25) is 0 Å². The van der Waals surface area contributed by atoms with Crippen LogP contribution in [0.25, 0.3) is 0 Å². The molecule has 0 aliphatic heterocycles. The first-order chi connectivity index (χ1) is 46.4. The Bertz CT molecular complexity index is 1860. The fourth-order valence-electron chi connectivity index (χ4n) is 11.8. The molecule has 0 saturated carbocycles. The van der Waals surface area contributed by atoms with Crippen molar-refractivity contribution in [2.45, 2.75) is 419 Å². The third kappa shape index (κ3) is 69.2. The number of phosphoric acid groups is 2. The van der Waals surface area contributed by atoms with Crippen LogP contribution >= 0.6 is 15.6 Å². The molecule has 3 N–H and O–H groups in total. The van der Waals surface area contributed by atoms with Crippen LogP contribution in [0.3, 0.4) is 0 Å². The highest BCUT2D eigenvalue weighted by atomic mass is 31.2. The Kier molecular flexibility index (Phi) is 67.4. The fraction of sp³-hybridized carbons (Fsp3) is 0.948. The summed E-state index contributed by atoms with van der Waals surface area (Å²) in [6, 6.07) is 0. The maximum Gasteiger partial charge on any atom is 0.472 e. The molecular formula is C77H150O17P2. The van der Waals surface area contributed by atoms with Crippen LogP contribution in [0.5, 0.6) is 0 Å². The van der Waals surface area contributed by atoms with Gasteiger partial charge in [-0.3, -0.25) is 37.3 Å². The molecule has 0 bridgehead atoms. The molecule has 3 unspecified atom stereocenters. The Morgan fingerprint density at radius 1 is 0.302 bits per heavy atom. The Labute approximate surface area is 588 Å². The van der Waals surface area contributed by atoms with Crippen molar-refractivity contribution >= 4 is 39.5 Å². The van der Waals surface area contributed by atoms with Crippen LogP contribution in [0.15, 0.2) is 0 Å². The Morgan fingerprint density at radius 2 is 0.531 bits per heavy atom. The van der Waals surface area contributed by atoms with E-state index in [9.17, 15) is 43.2 Å². The van der Waals surface area contributed by atoms with Gasteiger partial charge in [-0.25, -0.2) is 9.13 Å². The number of esters is 4. The second kappa shape index (κ2) is 68.8. The molecule has 0 amide bonds. The summed E-state index contributed by atoms with van der Waals surface area (Å²) in [5, 5.41) is 10.6. The highest BCUT2D eigenvalue weighted by molar-refractivity contribution is 7.47. The Balaban J connectivity index is 5.24. The highest BCUT2D eigenvalue weighted by Gasteiger charge is 2.30. The number of phosphoric ester groups is 2. The molecule has 6 atom stereocenters. The van der Waals surface area contributed by atoms with E-state index >= 15 is 0 Å². The van der Waals surface area contributed by atoms with Gasteiger partial charge in [0.05, 0.1) is 26.4 Å².